The lowest BCUT2D eigenvalue weighted by molar-refractivity contribution is -0.114. The molecule has 2 N–H and O–H groups in total. The van der Waals surface area contributed by atoms with Gasteiger partial charge in [-0.3, -0.25) is 4.79 Å². The molecule has 0 spiro atoms. The first-order valence-corrected chi connectivity index (χ1v) is 9.79. The van der Waals surface area contributed by atoms with Crippen LogP contribution in [0.15, 0.2) is 48.5 Å². The summed E-state index contributed by atoms with van der Waals surface area (Å²) < 4.78 is 16.7. The van der Waals surface area contributed by atoms with E-state index in [0.717, 1.165) is 24.3 Å². The first-order chi connectivity index (χ1) is 13.7. The maximum Gasteiger partial charge on any atom is 0.243 e. The average molecular weight is 386 g/mol. The molecule has 0 aliphatic heterocycles. The highest BCUT2D eigenvalue weighted by Crippen LogP contribution is 2.23. The molecule has 0 saturated carbocycles. The van der Waals surface area contributed by atoms with Gasteiger partial charge in [0.05, 0.1) is 25.4 Å². The van der Waals surface area contributed by atoms with Gasteiger partial charge < -0.3 is 24.8 Å². The van der Waals surface area contributed by atoms with Crippen LogP contribution in [0.5, 0.6) is 11.5 Å². The van der Waals surface area contributed by atoms with Crippen molar-refractivity contribution in [3.63, 3.8) is 0 Å². The molecule has 0 aromatic heterocycles. The van der Waals surface area contributed by atoms with Gasteiger partial charge >= 0.3 is 0 Å². The molecule has 0 aliphatic rings. The number of hydrogen-bond acceptors (Lipinski definition) is 5. The second-order valence-corrected chi connectivity index (χ2v) is 6.17. The van der Waals surface area contributed by atoms with Crippen LogP contribution in [0.1, 0.15) is 26.7 Å². The largest absolute Gasteiger partial charge is 0.494 e. The molecule has 1 amide bonds. The van der Waals surface area contributed by atoms with Gasteiger partial charge in [-0.1, -0.05) is 31.5 Å². The topological polar surface area (TPSA) is 68.8 Å². The van der Waals surface area contributed by atoms with Crippen LogP contribution in [0.2, 0.25) is 0 Å². The highest BCUT2D eigenvalue weighted by atomic mass is 16.5. The molecule has 0 bridgehead atoms. The van der Waals surface area contributed by atoms with Crippen molar-refractivity contribution < 1.29 is 19.0 Å². The first kappa shape index (κ1) is 21.6. The van der Waals surface area contributed by atoms with E-state index < -0.39 is 0 Å². The Hall–Kier alpha value is -2.73. The van der Waals surface area contributed by atoms with Crippen LogP contribution in [0.4, 0.5) is 11.4 Å². The number of amides is 1. The number of unbranched alkanes of at least 4 members (excludes halogenated alkanes) is 1. The fourth-order valence-corrected chi connectivity index (χ4v) is 2.46. The molecule has 0 radical (unpaired) electrons. The van der Waals surface area contributed by atoms with E-state index in [1.807, 2.05) is 55.5 Å². The van der Waals surface area contributed by atoms with Crippen molar-refractivity contribution in [2.24, 2.45) is 0 Å². The quantitative estimate of drug-likeness (QED) is 0.502. The number of para-hydroxylation sites is 2. The minimum atomic E-state index is -0.154. The van der Waals surface area contributed by atoms with Crippen molar-refractivity contribution in [1.29, 1.82) is 0 Å². The Morgan fingerprint density at radius 3 is 2.64 bits per heavy atom. The second-order valence-electron chi connectivity index (χ2n) is 6.17. The number of hydrogen-bond donors (Lipinski definition) is 2. The molecule has 0 heterocycles. The van der Waals surface area contributed by atoms with E-state index in [2.05, 4.69) is 17.6 Å². The summed E-state index contributed by atoms with van der Waals surface area (Å²) in [6.07, 6.45) is 2.11. The van der Waals surface area contributed by atoms with Crippen molar-refractivity contribution in [3.05, 3.63) is 48.5 Å². The summed E-state index contributed by atoms with van der Waals surface area (Å²) in [5.41, 5.74) is 1.48. The SMILES string of the molecule is CCCCOc1cccc(NCC(=O)Nc2ccccc2OCCOCC)c1. The smallest absolute Gasteiger partial charge is 0.243 e. The summed E-state index contributed by atoms with van der Waals surface area (Å²) in [5, 5.41) is 6.00. The molecule has 0 aliphatic carbocycles. The lowest BCUT2D eigenvalue weighted by atomic mass is 10.2. The highest BCUT2D eigenvalue weighted by Gasteiger charge is 2.08. The van der Waals surface area contributed by atoms with Gasteiger partial charge in [-0.15, -0.1) is 0 Å². The number of carbonyl (C=O) groups is 1. The second kappa shape index (κ2) is 12.6. The van der Waals surface area contributed by atoms with Gasteiger partial charge in [0.15, 0.2) is 0 Å². The molecule has 2 aromatic carbocycles. The summed E-state index contributed by atoms with van der Waals surface area (Å²) >= 11 is 0. The standard InChI is InChI=1S/C22H30N2O4/c1-3-5-13-27-19-10-8-9-18(16-19)23-17-22(25)24-20-11-6-7-12-21(20)28-15-14-26-4-2/h6-12,16,23H,3-5,13-15,17H2,1-2H3,(H,24,25). The lowest BCUT2D eigenvalue weighted by Gasteiger charge is -2.13. The molecule has 0 saturated heterocycles. The summed E-state index contributed by atoms with van der Waals surface area (Å²) in [6.45, 7) is 6.50. The number of nitrogens with one attached hydrogen (secondary N) is 2. The van der Waals surface area contributed by atoms with Gasteiger partial charge in [0.25, 0.3) is 0 Å². The zero-order valence-electron chi connectivity index (χ0n) is 16.7. The van der Waals surface area contributed by atoms with Crippen molar-refractivity contribution in [2.75, 3.05) is 43.6 Å². The van der Waals surface area contributed by atoms with E-state index in [1.165, 1.54) is 0 Å². The van der Waals surface area contributed by atoms with Crippen molar-refractivity contribution in [1.82, 2.24) is 0 Å². The van der Waals surface area contributed by atoms with Gasteiger partial charge in [-0.2, -0.15) is 0 Å². The summed E-state index contributed by atoms with van der Waals surface area (Å²) in [4.78, 5) is 12.3. The molecule has 0 unspecified atom stereocenters. The number of carbonyl (C=O) groups excluding carboxylic acids is 1. The third-order valence-corrected chi connectivity index (χ3v) is 3.90. The highest BCUT2D eigenvalue weighted by molar-refractivity contribution is 5.95. The molecule has 0 fully saturated rings. The minimum Gasteiger partial charge on any atom is -0.494 e. The molecule has 6 heteroatoms. The first-order valence-electron chi connectivity index (χ1n) is 9.79. The zero-order valence-corrected chi connectivity index (χ0v) is 16.7. The van der Waals surface area contributed by atoms with E-state index in [-0.39, 0.29) is 12.5 Å². The number of ether oxygens (including phenoxy) is 3. The number of benzene rings is 2. The normalized spacial score (nSPS) is 10.4. The Balaban J connectivity index is 1.83. The van der Waals surface area contributed by atoms with Crippen LogP contribution in [-0.2, 0) is 9.53 Å². The number of anilines is 2. The molecule has 2 aromatic rings. The van der Waals surface area contributed by atoms with E-state index in [0.29, 0.717) is 37.9 Å². The lowest BCUT2D eigenvalue weighted by Crippen LogP contribution is -2.22. The maximum atomic E-state index is 12.3. The molecule has 6 nitrogen and oxygen atoms in total. The van der Waals surface area contributed by atoms with Crippen LogP contribution in [-0.4, -0.2) is 38.9 Å². The predicted molar refractivity (Wildman–Crippen MR) is 112 cm³/mol. The van der Waals surface area contributed by atoms with Gasteiger partial charge in [-0.05, 0) is 37.6 Å². The Morgan fingerprint density at radius 2 is 1.82 bits per heavy atom. The molecule has 28 heavy (non-hydrogen) atoms. The molecule has 152 valence electrons. The Bertz CT molecular complexity index is 721. The van der Waals surface area contributed by atoms with Gasteiger partial charge in [0, 0.05) is 18.4 Å². The van der Waals surface area contributed by atoms with Crippen LogP contribution >= 0.6 is 0 Å². The van der Waals surface area contributed by atoms with E-state index >= 15 is 0 Å². The Morgan fingerprint density at radius 1 is 0.964 bits per heavy atom. The third-order valence-electron chi connectivity index (χ3n) is 3.90. The van der Waals surface area contributed by atoms with Crippen LogP contribution in [0, 0.1) is 0 Å². The van der Waals surface area contributed by atoms with Crippen LogP contribution in [0.3, 0.4) is 0 Å². The molecular weight excluding hydrogens is 356 g/mol. The summed E-state index contributed by atoms with van der Waals surface area (Å²) in [7, 11) is 0. The van der Waals surface area contributed by atoms with Crippen LogP contribution < -0.4 is 20.1 Å². The van der Waals surface area contributed by atoms with Crippen molar-refractivity contribution in [2.45, 2.75) is 26.7 Å². The van der Waals surface area contributed by atoms with Crippen molar-refractivity contribution in [3.8, 4) is 11.5 Å². The average Bonchev–Trinajstić information content (AvgIpc) is 2.71. The van der Waals surface area contributed by atoms with Gasteiger partial charge in [0.1, 0.15) is 18.1 Å². The van der Waals surface area contributed by atoms with E-state index in [4.69, 9.17) is 14.2 Å². The molecule has 2 rings (SSSR count). The zero-order chi connectivity index (χ0) is 20.0. The Kier molecular flexibility index (Phi) is 9.72. The number of rotatable bonds is 13. The van der Waals surface area contributed by atoms with Crippen molar-refractivity contribution >= 4 is 17.3 Å². The fourth-order valence-electron chi connectivity index (χ4n) is 2.46. The summed E-state index contributed by atoms with van der Waals surface area (Å²) in [5.74, 6) is 1.27. The van der Waals surface area contributed by atoms with Gasteiger partial charge in [0.2, 0.25) is 5.91 Å². The monoisotopic (exact) mass is 386 g/mol. The Labute approximate surface area is 167 Å². The van der Waals surface area contributed by atoms with E-state index in [1.54, 1.807) is 0 Å². The predicted octanol–water partition coefficient (Wildman–Crippen LogP) is 4.33. The third kappa shape index (κ3) is 7.88. The fraction of sp³-hybridized carbons (Fsp3) is 0.409. The van der Waals surface area contributed by atoms with Gasteiger partial charge in [-0.25, -0.2) is 0 Å². The minimum absolute atomic E-state index is 0.145. The van der Waals surface area contributed by atoms with Crippen LogP contribution in [0.25, 0.3) is 0 Å². The molecule has 0 atom stereocenters. The molecular formula is C22H30N2O4. The summed E-state index contributed by atoms with van der Waals surface area (Å²) in [6, 6.07) is 15.0. The van der Waals surface area contributed by atoms with E-state index in [9.17, 15) is 4.79 Å². The maximum absolute atomic E-state index is 12.3.